The molecule has 2 aromatic heterocycles. The van der Waals surface area contributed by atoms with E-state index in [-0.39, 0.29) is 6.10 Å². The van der Waals surface area contributed by atoms with Gasteiger partial charge in [0, 0.05) is 48.2 Å². The monoisotopic (exact) mass is 446 g/mol. The lowest BCUT2D eigenvalue weighted by Crippen LogP contribution is -2.57. The normalized spacial score (nSPS) is 23.8. The molecule has 2 bridgehead atoms. The first-order valence-electron chi connectivity index (χ1n) is 11.3. The summed E-state index contributed by atoms with van der Waals surface area (Å²) in [5, 5.41) is 7.97. The number of morpholine rings is 1. The molecule has 5 heterocycles. The van der Waals surface area contributed by atoms with Gasteiger partial charge in [-0.2, -0.15) is 10.1 Å². The van der Waals surface area contributed by atoms with Gasteiger partial charge in [0.25, 0.3) is 0 Å². The summed E-state index contributed by atoms with van der Waals surface area (Å²) in [4.78, 5) is 7.13. The van der Waals surface area contributed by atoms with Crippen LogP contribution in [0.1, 0.15) is 18.4 Å². The topological polar surface area (TPSA) is 78.8 Å². The summed E-state index contributed by atoms with van der Waals surface area (Å²) >= 11 is 0. The van der Waals surface area contributed by atoms with Crippen molar-refractivity contribution in [1.82, 2.24) is 20.1 Å². The number of ether oxygens (including phenoxy) is 4. The molecule has 3 aliphatic heterocycles. The standard InChI is InChI=1S/C25H26N4O4/c1-29-18-9-20(10-19(29)14-31-13-18)33-23-6-5-22-21-4-3-15(7-17(21)12-32-25(22)27-23)16-8-24(30-2)28-26-11-16/h3-8,11,18-20H,9-10,12-14H2,1-2H3/t18-,19+,20?. The van der Waals surface area contributed by atoms with Crippen LogP contribution in [0.3, 0.4) is 0 Å². The summed E-state index contributed by atoms with van der Waals surface area (Å²) in [5.41, 5.74) is 5.20. The van der Waals surface area contributed by atoms with Crippen LogP contribution in [0, 0.1) is 0 Å². The number of rotatable bonds is 4. The maximum Gasteiger partial charge on any atom is 0.233 e. The fourth-order valence-electron chi connectivity index (χ4n) is 5.02. The largest absolute Gasteiger partial charge is 0.480 e. The van der Waals surface area contributed by atoms with Gasteiger partial charge in [-0.05, 0) is 35.9 Å². The maximum atomic E-state index is 6.29. The predicted octanol–water partition coefficient (Wildman–Crippen LogP) is 3.35. The van der Waals surface area contributed by atoms with Crippen molar-refractivity contribution in [2.75, 3.05) is 27.4 Å². The van der Waals surface area contributed by atoms with E-state index in [0.717, 1.165) is 53.9 Å². The maximum absolute atomic E-state index is 6.29. The molecule has 0 radical (unpaired) electrons. The molecule has 8 nitrogen and oxygen atoms in total. The third kappa shape index (κ3) is 3.79. The van der Waals surface area contributed by atoms with Gasteiger partial charge in [-0.1, -0.05) is 12.1 Å². The van der Waals surface area contributed by atoms with Crippen LogP contribution in [-0.4, -0.2) is 65.6 Å². The van der Waals surface area contributed by atoms with E-state index in [4.69, 9.17) is 23.9 Å². The zero-order valence-electron chi connectivity index (χ0n) is 18.7. The quantitative estimate of drug-likeness (QED) is 0.604. The van der Waals surface area contributed by atoms with Crippen molar-refractivity contribution in [1.29, 1.82) is 0 Å². The Morgan fingerprint density at radius 1 is 0.970 bits per heavy atom. The minimum absolute atomic E-state index is 0.148. The second-order valence-electron chi connectivity index (χ2n) is 8.87. The molecule has 0 amide bonds. The molecular formula is C25H26N4O4. The number of methoxy groups -OCH3 is 1. The lowest BCUT2D eigenvalue weighted by atomic mass is 9.92. The molecule has 1 aromatic carbocycles. The molecule has 3 atom stereocenters. The van der Waals surface area contributed by atoms with Crippen molar-refractivity contribution in [3.05, 3.63) is 48.2 Å². The van der Waals surface area contributed by atoms with Crippen molar-refractivity contribution in [3.8, 4) is 39.9 Å². The predicted molar refractivity (Wildman–Crippen MR) is 121 cm³/mol. The highest BCUT2D eigenvalue weighted by Gasteiger charge is 2.38. The Kier molecular flexibility index (Phi) is 5.11. The van der Waals surface area contributed by atoms with Crippen LogP contribution in [0.5, 0.6) is 17.6 Å². The highest BCUT2D eigenvalue weighted by molar-refractivity contribution is 5.77. The number of fused-ring (bicyclic) bond motifs is 5. The van der Waals surface area contributed by atoms with Crippen LogP contribution in [0.25, 0.3) is 22.3 Å². The Morgan fingerprint density at radius 2 is 1.79 bits per heavy atom. The summed E-state index contributed by atoms with van der Waals surface area (Å²) in [6.07, 6.45) is 3.78. The Hall–Kier alpha value is -3.23. The van der Waals surface area contributed by atoms with Crippen LogP contribution in [0.4, 0.5) is 0 Å². The van der Waals surface area contributed by atoms with Gasteiger partial charge in [0.1, 0.15) is 12.7 Å². The van der Waals surface area contributed by atoms with E-state index in [1.165, 1.54) is 0 Å². The van der Waals surface area contributed by atoms with Crippen LogP contribution in [-0.2, 0) is 11.3 Å². The number of likely N-dealkylation sites (N-methyl/N-ethyl adjacent to an activating group) is 1. The van der Waals surface area contributed by atoms with Crippen molar-refractivity contribution < 1.29 is 18.9 Å². The fraction of sp³-hybridized carbons (Fsp3) is 0.400. The Balaban J connectivity index is 1.23. The SMILES string of the molecule is COc1cc(-c2ccc3c(c2)COc2nc(OC4C[C@H]5COC[C@@H](C4)N5C)ccc2-3)cnn1. The van der Waals surface area contributed by atoms with Crippen LogP contribution >= 0.6 is 0 Å². The number of hydrogen-bond acceptors (Lipinski definition) is 8. The molecule has 33 heavy (non-hydrogen) atoms. The summed E-state index contributed by atoms with van der Waals surface area (Å²) in [7, 11) is 3.77. The molecule has 0 spiro atoms. The van der Waals surface area contributed by atoms with Crippen molar-refractivity contribution in [3.63, 3.8) is 0 Å². The lowest BCUT2D eigenvalue weighted by molar-refractivity contribution is -0.0885. The average Bonchev–Trinajstić information content (AvgIpc) is 2.84. The van der Waals surface area contributed by atoms with Crippen molar-refractivity contribution in [2.24, 2.45) is 0 Å². The lowest BCUT2D eigenvalue weighted by Gasteiger charge is -2.46. The molecule has 6 rings (SSSR count). The number of piperidine rings is 1. The zero-order chi connectivity index (χ0) is 22.4. The van der Waals surface area contributed by atoms with Crippen LogP contribution < -0.4 is 14.2 Å². The Labute approximate surface area is 192 Å². The number of hydrogen-bond donors (Lipinski definition) is 0. The van der Waals surface area contributed by atoms with Gasteiger partial charge >= 0.3 is 0 Å². The van der Waals surface area contributed by atoms with E-state index < -0.39 is 0 Å². The molecule has 2 saturated heterocycles. The van der Waals surface area contributed by atoms with E-state index in [1.807, 2.05) is 18.2 Å². The Bertz CT molecular complexity index is 1170. The van der Waals surface area contributed by atoms with E-state index in [9.17, 15) is 0 Å². The second-order valence-corrected chi connectivity index (χ2v) is 8.87. The zero-order valence-corrected chi connectivity index (χ0v) is 18.7. The fourth-order valence-corrected chi connectivity index (χ4v) is 5.02. The first-order chi connectivity index (χ1) is 16.2. The van der Waals surface area contributed by atoms with Gasteiger partial charge in [-0.25, -0.2) is 0 Å². The minimum Gasteiger partial charge on any atom is -0.480 e. The molecule has 8 heteroatoms. The smallest absolute Gasteiger partial charge is 0.233 e. The highest BCUT2D eigenvalue weighted by Crippen LogP contribution is 2.39. The summed E-state index contributed by atoms with van der Waals surface area (Å²) < 4.78 is 23.2. The molecule has 3 aliphatic rings. The highest BCUT2D eigenvalue weighted by atomic mass is 16.5. The molecule has 1 unspecified atom stereocenters. The van der Waals surface area contributed by atoms with Gasteiger partial charge < -0.3 is 18.9 Å². The van der Waals surface area contributed by atoms with Gasteiger partial charge in [0.15, 0.2) is 0 Å². The average molecular weight is 447 g/mol. The van der Waals surface area contributed by atoms with Gasteiger partial charge in [-0.3, -0.25) is 4.90 Å². The van der Waals surface area contributed by atoms with Gasteiger partial charge in [0.2, 0.25) is 17.6 Å². The van der Waals surface area contributed by atoms with Gasteiger partial charge in [-0.15, -0.1) is 5.10 Å². The first kappa shape index (κ1) is 20.4. The van der Waals surface area contributed by atoms with Crippen molar-refractivity contribution in [2.45, 2.75) is 37.6 Å². The second kappa shape index (κ2) is 8.28. The van der Waals surface area contributed by atoms with Gasteiger partial charge in [0.05, 0.1) is 26.5 Å². The third-order valence-electron chi connectivity index (χ3n) is 6.90. The van der Waals surface area contributed by atoms with Crippen molar-refractivity contribution >= 4 is 0 Å². The van der Waals surface area contributed by atoms with Crippen LogP contribution in [0.2, 0.25) is 0 Å². The van der Waals surface area contributed by atoms with E-state index in [2.05, 4.69) is 40.3 Å². The number of nitrogens with zero attached hydrogens (tertiary/aromatic N) is 4. The first-order valence-corrected chi connectivity index (χ1v) is 11.3. The van der Waals surface area contributed by atoms with Crippen LogP contribution in [0.15, 0.2) is 42.6 Å². The molecule has 2 fully saturated rings. The molecule has 0 saturated carbocycles. The third-order valence-corrected chi connectivity index (χ3v) is 6.90. The minimum atomic E-state index is 0.148. The molecule has 0 N–H and O–H groups in total. The molecule has 170 valence electrons. The summed E-state index contributed by atoms with van der Waals surface area (Å²) in [6.45, 7) is 2.00. The van der Waals surface area contributed by atoms with E-state index in [0.29, 0.717) is 36.3 Å². The molecule has 0 aliphatic carbocycles. The number of benzene rings is 1. The molecule has 3 aromatic rings. The van der Waals surface area contributed by atoms with E-state index >= 15 is 0 Å². The van der Waals surface area contributed by atoms with E-state index in [1.54, 1.807) is 13.3 Å². The molecular weight excluding hydrogens is 420 g/mol. The summed E-state index contributed by atoms with van der Waals surface area (Å²) in [6, 6.07) is 13.0. The number of pyridine rings is 1. The number of aromatic nitrogens is 3. The Morgan fingerprint density at radius 3 is 2.61 bits per heavy atom. The summed E-state index contributed by atoms with van der Waals surface area (Å²) in [5.74, 6) is 1.73.